The minimum atomic E-state index is -3.32. The number of imidazole rings is 1. The van der Waals surface area contributed by atoms with E-state index < -0.39 is 10.0 Å². The summed E-state index contributed by atoms with van der Waals surface area (Å²) in [7, 11) is -3.32. The smallest absolute Gasteiger partial charge is 0.322 e. The van der Waals surface area contributed by atoms with Gasteiger partial charge in [-0.1, -0.05) is 12.1 Å². The fourth-order valence-corrected chi connectivity index (χ4v) is 2.91. The van der Waals surface area contributed by atoms with Crippen molar-refractivity contribution in [3.05, 3.63) is 64.6 Å². The van der Waals surface area contributed by atoms with Gasteiger partial charge in [0.05, 0.1) is 17.3 Å². The van der Waals surface area contributed by atoms with Gasteiger partial charge in [-0.2, -0.15) is 0 Å². The van der Waals surface area contributed by atoms with E-state index in [0.29, 0.717) is 22.4 Å². The van der Waals surface area contributed by atoms with Gasteiger partial charge in [0.1, 0.15) is 0 Å². The molecule has 134 valence electrons. The normalized spacial score (nSPS) is 11.7. The van der Waals surface area contributed by atoms with Gasteiger partial charge in [0, 0.05) is 17.5 Å². The molecule has 0 aliphatic heterocycles. The summed E-state index contributed by atoms with van der Waals surface area (Å²) in [6.07, 6.45) is 4.05. The number of nitrogens with one attached hydrogen (secondary N) is 4. The molecule has 3 rings (SSSR count). The van der Waals surface area contributed by atoms with E-state index in [1.165, 1.54) is 6.08 Å². The van der Waals surface area contributed by atoms with Crippen molar-refractivity contribution in [1.29, 1.82) is 0 Å². The molecule has 1 amide bonds. The maximum absolute atomic E-state index is 12.0. The molecule has 26 heavy (non-hydrogen) atoms. The minimum Gasteiger partial charge on any atom is -0.322 e. The monoisotopic (exact) mass is 372 g/mol. The number of hydrogen-bond acceptors (Lipinski definition) is 4. The molecule has 0 bridgehead atoms. The summed E-state index contributed by atoms with van der Waals surface area (Å²) >= 11 is 0. The van der Waals surface area contributed by atoms with E-state index in [4.69, 9.17) is 0 Å². The number of anilines is 2. The van der Waals surface area contributed by atoms with Crippen LogP contribution in [0.5, 0.6) is 0 Å². The van der Waals surface area contributed by atoms with Crippen molar-refractivity contribution < 1.29 is 13.2 Å². The highest BCUT2D eigenvalue weighted by atomic mass is 32.2. The van der Waals surface area contributed by atoms with E-state index in [0.717, 1.165) is 11.8 Å². The Morgan fingerprint density at radius 2 is 1.65 bits per heavy atom. The van der Waals surface area contributed by atoms with Crippen LogP contribution >= 0.6 is 0 Å². The predicted molar refractivity (Wildman–Crippen MR) is 101 cm³/mol. The zero-order chi connectivity index (χ0) is 18.7. The second kappa shape index (κ2) is 6.89. The lowest BCUT2D eigenvalue weighted by atomic mass is 10.2. The van der Waals surface area contributed by atoms with E-state index in [1.54, 1.807) is 48.5 Å². The first kappa shape index (κ1) is 17.5. The van der Waals surface area contributed by atoms with Crippen molar-refractivity contribution in [2.24, 2.45) is 0 Å². The number of sulfonamides is 1. The van der Waals surface area contributed by atoms with Crippen LogP contribution in [0.2, 0.25) is 0 Å². The van der Waals surface area contributed by atoms with Gasteiger partial charge in [0.25, 0.3) is 0 Å². The molecule has 0 aliphatic rings. The largest absolute Gasteiger partial charge is 0.323 e. The van der Waals surface area contributed by atoms with Crippen LogP contribution in [0, 0.1) is 0 Å². The number of aromatic nitrogens is 2. The maximum Gasteiger partial charge on any atom is 0.323 e. The van der Waals surface area contributed by atoms with Gasteiger partial charge < -0.3 is 15.3 Å². The number of carbonyl (C=O) groups is 1. The average molecular weight is 372 g/mol. The van der Waals surface area contributed by atoms with Crippen LogP contribution in [0.4, 0.5) is 11.4 Å². The first-order valence-corrected chi connectivity index (χ1v) is 9.47. The van der Waals surface area contributed by atoms with E-state index >= 15 is 0 Å². The van der Waals surface area contributed by atoms with Crippen LogP contribution in [-0.2, 0) is 14.8 Å². The summed E-state index contributed by atoms with van der Waals surface area (Å²) in [6.45, 7) is 0. The van der Waals surface area contributed by atoms with Gasteiger partial charge >= 0.3 is 5.69 Å². The molecule has 0 atom stereocenters. The Morgan fingerprint density at radius 1 is 1.00 bits per heavy atom. The number of carbonyl (C=O) groups excluding carboxylic acids is 1. The number of H-pyrrole nitrogens is 2. The van der Waals surface area contributed by atoms with Gasteiger partial charge in [-0.3, -0.25) is 9.52 Å². The minimum absolute atomic E-state index is 0.308. The number of benzene rings is 2. The molecule has 4 N–H and O–H groups in total. The zero-order valence-corrected chi connectivity index (χ0v) is 14.6. The van der Waals surface area contributed by atoms with Gasteiger partial charge in [-0.05, 0) is 42.0 Å². The highest BCUT2D eigenvalue weighted by molar-refractivity contribution is 7.92. The fraction of sp³-hybridized carbons (Fsp3) is 0.0588. The number of amides is 1. The molecule has 9 heteroatoms. The Balaban J connectivity index is 1.65. The molecule has 1 heterocycles. The zero-order valence-electron chi connectivity index (χ0n) is 13.7. The average Bonchev–Trinajstić information content (AvgIpc) is 2.92. The lowest BCUT2D eigenvalue weighted by Gasteiger charge is -2.04. The molecule has 0 aliphatic carbocycles. The summed E-state index contributed by atoms with van der Waals surface area (Å²) in [6, 6.07) is 11.6. The van der Waals surface area contributed by atoms with Crippen molar-refractivity contribution in [2.75, 3.05) is 16.3 Å². The van der Waals surface area contributed by atoms with Crippen molar-refractivity contribution in [1.82, 2.24) is 9.97 Å². The van der Waals surface area contributed by atoms with E-state index in [2.05, 4.69) is 20.0 Å². The summed E-state index contributed by atoms with van der Waals surface area (Å²) in [5.74, 6) is -0.333. The maximum atomic E-state index is 12.0. The Kier molecular flexibility index (Phi) is 4.63. The fourth-order valence-electron chi connectivity index (χ4n) is 2.34. The molecule has 0 saturated heterocycles. The Labute approximate surface area is 149 Å². The number of hydrogen-bond donors (Lipinski definition) is 4. The highest BCUT2D eigenvalue weighted by Gasteiger charge is 2.03. The molecule has 0 saturated carbocycles. The second-order valence-electron chi connectivity index (χ2n) is 5.66. The topological polar surface area (TPSA) is 124 Å². The molecular weight excluding hydrogens is 356 g/mol. The quantitative estimate of drug-likeness (QED) is 0.510. The lowest BCUT2D eigenvalue weighted by Crippen LogP contribution is -2.09. The van der Waals surface area contributed by atoms with Crippen molar-refractivity contribution in [3.8, 4) is 0 Å². The second-order valence-corrected chi connectivity index (χ2v) is 7.41. The molecule has 8 nitrogen and oxygen atoms in total. The molecule has 1 aromatic heterocycles. The summed E-state index contributed by atoms with van der Waals surface area (Å²) in [4.78, 5) is 28.5. The summed E-state index contributed by atoms with van der Waals surface area (Å²) in [5.41, 5.74) is 2.69. The van der Waals surface area contributed by atoms with Crippen molar-refractivity contribution in [2.45, 2.75) is 0 Å². The predicted octanol–water partition coefficient (Wildman–Crippen LogP) is 1.88. The molecule has 0 fully saturated rings. The van der Waals surface area contributed by atoms with Gasteiger partial charge in [-0.15, -0.1) is 0 Å². The first-order chi connectivity index (χ1) is 12.3. The third kappa shape index (κ3) is 4.61. The van der Waals surface area contributed by atoms with Crippen molar-refractivity contribution >= 4 is 44.4 Å². The van der Waals surface area contributed by atoms with Crippen molar-refractivity contribution in [3.63, 3.8) is 0 Å². The Bertz CT molecular complexity index is 1140. The summed E-state index contributed by atoms with van der Waals surface area (Å²) < 4.78 is 24.7. The number of rotatable bonds is 5. The molecular formula is C17H16N4O4S. The summed E-state index contributed by atoms with van der Waals surface area (Å²) in [5, 5.41) is 2.70. The number of fused-ring (bicyclic) bond motifs is 1. The van der Waals surface area contributed by atoms with Crippen LogP contribution in [0.25, 0.3) is 17.1 Å². The molecule has 0 spiro atoms. The van der Waals surface area contributed by atoms with Crippen LogP contribution < -0.4 is 15.7 Å². The third-order valence-electron chi connectivity index (χ3n) is 3.42. The van der Waals surface area contributed by atoms with Gasteiger partial charge in [0.15, 0.2) is 0 Å². The van der Waals surface area contributed by atoms with E-state index in [9.17, 15) is 18.0 Å². The molecule has 0 unspecified atom stereocenters. The third-order valence-corrected chi connectivity index (χ3v) is 4.03. The van der Waals surface area contributed by atoms with E-state index in [-0.39, 0.29) is 11.6 Å². The van der Waals surface area contributed by atoms with Crippen LogP contribution in [0.3, 0.4) is 0 Å². The lowest BCUT2D eigenvalue weighted by molar-refractivity contribution is -0.111. The highest BCUT2D eigenvalue weighted by Crippen LogP contribution is 2.15. The van der Waals surface area contributed by atoms with E-state index in [1.807, 2.05) is 0 Å². The van der Waals surface area contributed by atoms with Gasteiger partial charge in [0.2, 0.25) is 15.9 Å². The molecule has 0 radical (unpaired) electrons. The Morgan fingerprint density at radius 3 is 2.35 bits per heavy atom. The van der Waals surface area contributed by atoms with Gasteiger partial charge in [-0.25, -0.2) is 13.2 Å². The SMILES string of the molecule is CS(=O)(=O)Nc1ccc(C=CC(=O)Nc2ccc3[nH]c(=O)[nH]c3c2)cc1. The van der Waals surface area contributed by atoms with Crippen LogP contribution in [0.1, 0.15) is 5.56 Å². The van der Waals surface area contributed by atoms with Crippen LogP contribution in [-0.4, -0.2) is 30.5 Å². The molecule has 3 aromatic rings. The Hall–Kier alpha value is -3.33. The standard InChI is InChI=1S/C17H16N4O4S/c1-26(24,25)21-12-5-2-11(3-6-12)4-9-16(22)18-13-7-8-14-15(10-13)20-17(23)19-14/h2-10,21H,1H3,(H,18,22)(H2,19,20,23). The number of aromatic amines is 2. The molecule has 2 aromatic carbocycles. The van der Waals surface area contributed by atoms with Crippen LogP contribution in [0.15, 0.2) is 53.3 Å². The first-order valence-electron chi connectivity index (χ1n) is 7.57.